The lowest BCUT2D eigenvalue weighted by molar-refractivity contribution is 0.142. The van der Waals surface area contributed by atoms with Gasteiger partial charge in [-0.1, -0.05) is 23.2 Å². The Balaban J connectivity index is 3.32. The van der Waals surface area contributed by atoms with Gasteiger partial charge in [-0.25, -0.2) is 0 Å². The second-order valence-corrected chi connectivity index (χ2v) is 3.96. The number of dihydropyridines is 1. The first-order valence-electron chi connectivity index (χ1n) is 3.94. The zero-order valence-electron chi connectivity index (χ0n) is 7.81. The van der Waals surface area contributed by atoms with Gasteiger partial charge >= 0.3 is 0 Å². The number of nitrogens with one attached hydrogen (secondary N) is 1. The summed E-state index contributed by atoms with van der Waals surface area (Å²) in [5, 5.41) is 17.6. The largest absolute Gasteiger partial charge is 0.385 e. The number of hydrogen-bond donors (Lipinski definition) is 3. The van der Waals surface area contributed by atoms with E-state index in [0.29, 0.717) is 16.3 Å². The number of nitrogens with two attached hydrogens (primary N) is 1. The molecule has 2 unspecified atom stereocenters. The highest BCUT2D eigenvalue weighted by molar-refractivity contribution is 6.45. The topological polar surface area (TPSA) is 82.5 Å². The summed E-state index contributed by atoms with van der Waals surface area (Å²) in [5.41, 5.74) is 3.41. The van der Waals surface area contributed by atoms with Crippen LogP contribution in [0, 0.1) is 5.41 Å². The van der Waals surface area contributed by atoms with Gasteiger partial charge in [-0.2, -0.15) is 0 Å². The smallest absolute Gasteiger partial charge is 0.180 e. The van der Waals surface area contributed by atoms with Crippen molar-refractivity contribution in [2.45, 2.75) is 24.9 Å². The number of amidine groups is 1. The van der Waals surface area contributed by atoms with Crippen molar-refractivity contribution >= 4 is 34.7 Å². The maximum Gasteiger partial charge on any atom is 0.180 e. The maximum absolute atomic E-state index is 10.0. The molecule has 0 aromatic rings. The Morgan fingerprint density at radius 1 is 1.64 bits per heavy atom. The lowest BCUT2D eigenvalue weighted by atomic mass is 9.90. The van der Waals surface area contributed by atoms with E-state index in [1.807, 2.05) is 0 Å². The molecule has 4 N–H and O–H groups in total. The average molecular weight is 236 g/mol. The molecule has 2 atom stereocenters. The molecule has 0 amide bonds. The Bertz CT molecular complexity index is 350. The summed E-state index contributed by atoms with van der Waals surface area (Å²) in [6, 6.07) is 0. The molecule has 14 heavy (non-hydrogen) atoms. The van der Waals surface area contributed by atoms with Crippen molar-refractivity contribution in [3.63, 3.8) is 0 Å². The predicted molar refractivity (Wildman–Crippen MR) is 58.2 cm³/mol. The van der Waals surface area contributed by atoms with Gasteiger partial charge in [0, 0.05) is 0 Å². The molecule has 6 heteroatoms. The molecule has 0 fully saturated rings. The maximum atomic E-state index is 10.0. The molecule has 0 radical (unpaired) electrons. The number of allylic oxidation sites excluding steroid dienone is 1. The van der Waals surface area contributed by atoms with Crippen LogP contribution >= 0.6 is 23.2 Å². The third-order valence-corrected chi connectivity index (χ3v) is 3.25. The van der Waals surface area contributed by atoms with Gasteiger partial charge < -0.3 is 10.8 Å². The van der Waals surface area contributed by atoms with Crippen molar-refractivity contribution in [2.75, 3.05) is 0 Å². The van der Waals surface area contributed by atoms with Crippen molar-refractivity contribution in [1.29, 1.82) is 5.41 Å². The highest BCUT2D eigenvalue weighted by atomic mass is 35.5. The minimum absolute atomic E-state index is 0.305. The molecule has 0 spiro atoms. The van der Waals surface area contributed by atoms with Gasteiger partial charge in [0.25, 0.3) is 0 Å². The molecule has 0 aromatic carbocycles. The molecule has 0 saturated carbocycles. The van der Waals surface area contributed by atoms with Crippen LogP contribution in [0.1, 0.15) is 13.8 Å². The molecule has 1 rings (SSSR count). The van der Waals surface area contributed by atoms with Crippen molar-refractivity contribution < 1.29 is 5.11 Å². The van der Waals surface area contributed by atoms with Crippen LogP contribution in [0.5, 0.6) is 0 Å². The monoisotopic (exact) mass is 235 g/mol. The predicted octanol–water partition coefficient (Wildman–Crippen LogP) is 1.21. The number of halogens is 2. The van der Waals surface area contributed by atoms with Crippen LogP contribution in [-0.4, -0.2) is 27.8 Å². The van der Waals surface area contributed by atoms with Gasteiger partial charge in [-0.3, -0.25) is 10.4 Å². The number of alkyl halides is 1. The molecule has 0 saturated heterocycles. The number of nitrogens with zero attached hydrogens (tertiary/aromatic N) is 1. The first-order chi connectivity index (χ1) is 6.31. The van der Waals surface area contributed by atoms with Crippen LogP contribution in [0.25, 0.3) is 0 Å². The van der Waals surface area contributed by atoms with Crippen LogP contribution in [0.3, 0.4) is 0 Å². The Morgan fingerprint density at radius 3 is 2.57 bits per heavy atom. The summed E-state index contributed by atoms with van der Waals surface area (Å²) < 4.78 is 0. The summed E-state index contributed by atoms with van der Waals surface area (Å²) in [6.45, 7) is 3.26. The molecule has 1 aliphatic rings. The van der Waals surface area contributed by atoms with E-state index >= 15 is 0 Å². The van der Waals surface area contributed by atoms with Gasteiger partial charge in [0.2, 0.25) is 0 Å². The number of aliphatic imine (C=N–C) groups is 1. The Labute approximate surface area is 91.9 Å². The first kappa shape index (κ1) is 11.5. The van der Waals surface area contributed by atoms with Crippen LogP contribution in [0.2, 0.25) is 0 Å². The first-order valence-corrected chi connectivity index (χ1v) is 4.75. The van der Waals surface area contributed by atoms with Crippen LogP contribution in [-0.2, 0) is 0 Å². The molecular formula is C8H11Cl2N3O. The number of hydrogen-bond acceptors (Lipinski definition) is 3. The molecule has 0 aromatic heterocycles. The van der Waals surface area contributed by atoms with E-state index in [1.165, 1.54) is 0 Å². The van der Waals surface area contributed by atoms with E-state index < -0.39 is 16.9 Å². The number of rotatable bonds is 1. The second kappa shape index (κ2) is 3.53. The fourth-order valence-corrected chi connectivity index (χ4v) is 1.89. The SMILES string of the molecule is CC1=NC(Cl)C(O)(C(=N)N)C(C)=C1Cl. The van der Waals surface area contributed by atoms with E-state index in [-0.39, 0.29) is 0 Å². The van der Waals surface area contributed by atoms with Crippen molar-refractivity contribution in [3.05, 3.63) is 10.6 Å². The Kier molecular flexibility index (Phi) is 2.90. The third kappa shape index (κ3) is 1.43. The van der Waals surface area contributed by atoms with E-state index in [1.54, 1.807) is 13.8 Å². The fraction of sp³-hybridized carbons (Fsp3) is 0.500. The van der Waals surface area contributed by atoms with Gasteiger partial charge in [-0.05, 0) is 19.4 Å². The molecule has 78 valence electrons. The van der Waals surface area contributed by atoms with E-state index in [9.17, 15) is 5.11 Å². The zero-order chi connectivity index (χ0) is 11.1. The molecule has 0 aliphatic carbocycles. The molecule has 4 nitrogen and oxygen atoms in total. The molecule has 1 aliphatic heterocycles. The normalized spacial score (nSPS) is 32.9. The summed E-state index contributed by atoms with van der Waals surface area (Å²) in [4.78, 5) is 3.91. The van der Waals surface area contributed by atoms with Gasteiger partial charge in [-0.15, -0.1) is 0 Å². The summed E-state index contributed by atoms with van der Waals surface area (Å²) in [6.07, 6.45) is 0. The van der Waals surface area contributed by atoms with Gasteiger partial charge in [0.05, 0.1) is 10.7 Å². The average Bonchev–Trinajstić information content (AvgIpc) is 2.11. The Hall–Kier alpha value is -0.580. The van der Waals surface area contributed by atoms with Gasteiger partial charge in [0.15, 0.2) is 11.1 Å². The van der Waals surface area contributed by atoms with Crippen molar-refractivity contribution in [3.8, 4) is 0 Å². The van der Waals surface area contributed by atoms with E-state index in [2.05, 4.69) is 4.99 Å². The summed E-state index contributed by atoms with van der Waals surface area (Å²) in [7, 11) is 0. The standard InChI is InChI=1S/C8H11Cl2N3O/c1-3-5(9)4(2)13-6(10)8(3,14)7(11)12/h6,14H,1-2H3,(H3,11,12). The second-order valence-electron chi connectivity index (χ2n) is 3.17. The van der Waals surface area contributed by atoms with Crippen LogP contribution < -0.4 is 5.73 Å². The van der Waals surface area contributed by atoms with E-state index in [0.717, 1.165) is 0 Å². The fourth-order valence-electron chi connectivity index (χ4n) is 1.27. The molecular weight excluding hydrogens is 225 g/mol. The number of aliphatic hydroxyl groups is 1. The minimum atomic E-state index is -1.77. The molecule has 1 heterocycles. The van der Waals surface area contributed by atoms with Crippen molar-refractivity contribution in [1.82, 2.24) is 0 Å². The minimum Gasteiger partial charge on any atom is -0.385 e. The highest BCUT2D eigenvalue weighted by Crippen LogP contribution is 2.34. The highest BCUT2D eigenvalue weighted by Gasteiger charge is 2.45. The lowest BCUT2D eigenvalue weighted by Gasteiger charge is -2.34. The zero-order valence-corrected chi connectivity index (χ0v) is 9.32. The summed E-state index contributed by atoms with van der Waals surface area (Å²) in [5.74, 6) is -0.454. The Morgan fingerprint density at radius 2 is 2.14 bits per heavy atom. The van der Waals surface area contributed by atoms with Crippen molar-refractivity contribution in [2.24, 2.45) is 10.7 Å². The third-order valence-electron chi connectivity index (χ3n) is 2.28. The quantitative estimate of drug-likeness (QED) is 0.277. The molecule has 0 bridgehead atoms. The van der Waals surface area contributed by atoms with Crippen LogP contribution in [0.4, 0.5) is 0 Å². The van der Waals surface area contributed by atoms with Crippen LogP contribution in [0.15, 0.2) is 15.6 Å². The lowest BCUT2D eigenvalue weighted by Crippen LogP contribution is -2.53. The van der Waals surface area contributed by atoms with E-state index in [4.69, 9.17) is 34.3 Å². The summed E-state index contributed by atoms with van der Waals surface area (Å²) >= 11 is 11.7. The van der Waals surface area contributed by atoms with Gasteiger partial charge in [0.1, 0.15) is 5.84 Å².